The molecule has 0 bridgehead atoms. The third kappa shape index (κ3) is 5.49. The molecule has 1 aromatic rings. The van der Waals surface area contributed by atoms with E-state index in [1.807, 2.05) is 0 Å². The molecule has 1 aromatic carbocycles. The topological polar surface area (TPSA) is 216 Å². The second-order valence-corrected chi connectivity index (χ2v) is 18.8. The second kappa shape index (κ2) is 9.99. The van der Waals surface area contributed by atoms with Crippen LogP contribution in [0.15, 0.2) is 18.2 Å². The van der Waals surface area contributed by atoms with Crippen LogP contribution in [0.5, 0.6) is 0 Å². The highest BCUT2D eigenvalue weighted by molar-refractivity contribution is 7.78. The molecule has 0 saturated carbocycles. The first-order chi connectivity index (χ1) is 14.3. The summed E-state index contributed by atoms with van der Waals surface area (Å²) in [5, 5.41) is -5.06. The summed E-state index contributed by atoms with van der Waals surface area (Å²) in [6.07, 6.45) is -2.60. The average Bonchev–Trinajstić information content (AvgIpc) is 2.70. The Morgan fingerprint density at radius 2 is 1.16 bits per heavy atom. The molecule has 0 spiro atoms. The maximum atomic E-state index is 13.3. The van der Waals surface area contributed by atoms with Crippen molar-refractivity contribution in [1.29, 1.82) is 0 Å². The molecule has 1 rings (SSSR count). The molecule has 4 unspecified atom stereocenters. The second-order valence-electron chi connectivity index (χ2n) is 6.93. The summed E-state index contributed by atoms with van der Waals surface area (Å²) in [5.41, 5.74) is -0.950. The van der Waals surface area contributed by atoms with Crippen LogP contribution >= 0.6 is 37.3 Å². The fraction of sp³-hybridized carbons (Fsp3) is 0.600. The van der Waals surface area contributed by atoms with Crippen molar-refractivity contribution < 1.29 is 56.7 Å². The van der Waals surface area contributed by atoms with Gasteiger partial charge < -0.3 is 29.4 Å². The van der Waals surface area contributed by atoms with Gasteiger partial charge in [0, 0.05) is 30.2 Å². The Labute approximate surface area is 186 Å². The van der Waals surface area contributed by atoms with Crippen molar-refractivity contribution in [2.75, 3.05) is 24.6 Å². The molecular formula is C15H29O12P5. The third-order valence-electron chi connectivity index (χ3n) is 5.00. The summed E-state index contributed by atoms with van der Waals surface area (Å²) in [5.74, 6) is 0. The zero-order valence-electron chi connectivity index (χ0n) is 17.9. The van der Waals surface area contributed by atoms with E-state index in [1.165, 1.54) is 13.8 Å². The lowest BCUT2D eigenvalue weighted by Crippen LogP contribution is -2.40. The van der Waals surface area contributed by atoms with E-state index in [2.05, 4.69) is 4.52 Å². The van der Waals surface area contributed by atoms with Crippen LogP contribution < -0.4 is 10.6 Å². The van der Waals surface area contributed by atoms with E-state index in [-0.39, 0.29) is 0 Å². The van der Waals surface area contributed by atoms with Crippen LogP contribution in [0.25, 0.3) is 0 Å². The summed E-state index contributed by atoms with van der Waals surface area (Å²) < 4.78 is 69.2. The molecule has 0 aliphatic heterocycles. The SMILES string of the molecule is CCP(=O)(O)c1cccc(C(OP(=O)(O)O)(P(=O)(O)CC)P(=O)(O)CC)c1P(=O)(O)CC. The first-order valence-corrected chi connectivity index (χ1v) is 18.4. The van der Waals surface area contributed by atoms with Crippen LogP contribution in [0, 0.1) is 0 Å². The van der Waals surface area contributed by atoms with Crippen molar-refractivity contribution in [2.24, 2.45) is 0 Å². The first-order valence-electron chi connectivity index (χ1n) is 9.48. The van der Waals surface area contributed by atoms with Crippen molar-refractivity contribution in [3.05, 3.63) is 23.8 Å². The van der Waals surface area contributed by atoms with Gasteiger partial charge in [-0.2, -0.15) is 0 Å². The Hall–Kier alpha value is 0.0900. The normalized spacial score (nSPS) is 22.1. The van der Waals surface area contributed by atoms with Crippen LogP contribution in [0.2, 0.25) is 0 Å². The van der Waals surface area contributed by atoms with Gasteiger partial charge in [0.05, 0.1) is 10.6 Å². The minimum absolute atomic E-state index is 0.422. The van der Waals surface area contributed by atoms with Crippen LogP contribution in [0.4, 0.5) is 0 Å². The molecule has 0 aliphatic carbocycles. The smallest absolute Gasteiger partial charge is 0.342 e. The van der Waals surface area contributed by atoms with Gasteiger partial charge in [0.15, 0.2) is 0 Å². The summed E-state index contributed by atoms with van der Waals surface area (Å²) in [6, 6.07) is 2.86. The Morgan fingerprint density at radius 1 is 0.719 bits per heavy atom. The number of benzene rings is 1. The molecule has 6 N–H and O–H groups in total. The third-order valence-corrected chi connectivity index (χ3v) is 16.1. The van der Waals surface area contributed by atoms with Crippen molar-refractivity contribution in [2.45, 2.75) is 32.8 Å². The van der Waals surface area contributed by atoms with E-state index in [4.69, 9.17) is 0 Å². The van der Waals surface area contributed by atoms with Gasteiger partial charge >= 0.3 is 7.82 Å². The molecule has 0 saturated heterocycles. The molecule has 32 heavy (non-hydrogen) atoms. The predicted octanol–water partition coefficient (Wildman–Crippen LogP) is 2.32. The highest BCUT2D eigenvalue weighted by Gasteiger charge is 2.65. The molecule has 186 valence electrons. The Morgan fingerprint density at radius 3 is 1.50 bits per heavy atom. The maximum Gasteiger partial charge on any atom is 0.471 e. The van der Waals surface area contributed by atoms with Gasteiger partial charge in [0.25, 0.3) is 5.08 Å². The summed E-state index contributed by atoms with van der Waals surface area (Å²) in [4.78, 5) is 61.8. The van der Waals surface area contributed by atoms with Crippen molar-refractivity contribution >= 4 is 47.9 Å². The summed E-state index contributed by atoms with van der Waals surface area (Å²) in [6.45, 7) is 4.73. The number of rotatable bonds is 11. The Balaban J connectivity index is 4.55. The van der Waals surface area contributed by atoms with Gasteiger partial charge in [-0.3, -0.25) is 22.8 Å². The lowest BCUT2D eigenvalue weighted by molar-refractivity contribution is 0.131. The van der Waals surface area contributed by atoms with E-state index in [1.54, 1.807) is 0 Å². The van der Waals surface area contributed by atoms with Crippen molar-refractivity contribution in [3.63, 3.8) is 0 Å². The van der Waals surface area contributed by atoms with E-state index in [0.29, 0.717) is 0 Å². The fourth-order valence-corrected chi connectivity index (χ4v) is 13.6. The minimum Gasteiger partial charge on any atom is -0.342 e. The summed E-state index contributed by atoms with van der Waals surface area (Å²) in [7, 11) is -25.2. The predicted molar refractivity (Wildman–Crippen MR) is 122 cm³/mol. The molecule has 0 fully saturated rings. The quantitative estimate of drug-likeness (QED) is 0.217. The highest BCUT2D eigenvalue weighted by atomic mass is 31.2. The Bertz CT molecular complexity index is 1070. The lowest BCUT2D eigenvalue weighted by Gasteiger charge is -2.41. The zero-order valence-corrected chi connectivity index (χ0v) is 22.4. The van der Waals surface area contributed by atoms with Gasteiger partial charge in [0.1, 0.15) is 0 Å². The van der Waals surface area contributed by atoms with Gasteiger partial charge in [-0.1, -0.05) is 39.8 Å². The molecule has 0 radical (unpaired) electrons. The maximum absolute atomic E-state index is 13.3. The first kappa shape index (κ1) is 30.1. The van der Waals surface area contributed by atoms with Crippen LogP contribution in [-0.4, -0.2) is 54.0 Å². The monoisotopic (exact) mass is 556 g/mol. The molecule has 4 atom stereocenters. The largest absolute Gasteiger partial charge is 0.471 e. The van der Waals surface area contributed by atoms with Gasteiger partial charge in [0.2, 0.25) is 29.5 Å². The van der Waals surface area contributed by atoms with Gasteiger partial charge in [-0.15, -0.1) is 0 Å². The van der Waals surface area contributed by atoms with Crippen LogP contribution in [-0.2, 0) is 32.4 Å². The summed E-state index contributed by atoms with van der Waals surface area (Å²) >= 11 is 0. The van der Waals surface area contributed by atoms with E-state index in [9.17, 15) is 52.2 Å². The molecule has 0 heterocycles. The van der Waals surface area contributed by atoms with E-state index < -0.39 is 83.2 Å². The van der Waals surface area contributed by atoms with E-state index >= 15 is 0 Å². The molecule has 0 aromatic heterocycles. The number of phosphoric acid groups is 1. The molecule has 17 heteroatoms. The van der Waals surface area contributed by atoms with Gasteiger partial charge in [-0.05, 0) is 6.07 Å². The Kier molecular flexibility index (Phi) is 9.40. The van der Waals surface area contributed by atoms with Gasteiger partial charge in [-0.25, -0.2) is 4.57 Å². The van der Waals surface area contributed by atoms with Crippen molar-refractivity contribution in [3.8, 4) is 0 Å². The molecular weight excluding hydrogens is 527 g/mol. The highest BCUT2D eigenvalue weighted by Crippen LogP contribution is 2.81. The van der Waals surface area contributed by atoms with Crippen LogP contribution in [0.1, 0.15) is 33.3 Å². The standard InChI is InChI=1S/C15H29O12P5/c1-5-28(16,17)13-11-9-10-12(14(13)29(18,19)6-2)15(27-32(24,25)26,30(20,21)7-3)31(22,23)8-4/h9-11H,5-8H2,1-4H3,(H,16,17)(H,18,19)(H,20,21)(H,22,23)(H2,24,25,26). The zero-order chi connectivity index (χ0) is 25.4. The molecule has 0 aliphatic rings. The molecule has 0 amide bonds. The molecule has 12 nitrogen and oxygen atoms in total. The van der Waals surface area contributed by atoms with Crippen molar-refractivity contribution in [1.82, 2.24) is 0 Å². The van der Waals surface area contributed by atoms with E-state index in [0.717, 1.165) is 32.0 Å². The fourth-order valence-electron chi connectivity index (χ4n) is 3.16. The number of hydrogen-bond donors (Lipinski definition) is 6. The number of hydrogen-bond acceptors (Lipinski definition) is 6. The average molecular weight is 556 g/mol. The minimum atomic E-state index is -5.78. The van der Waals surface area contributed by atoms with Crippen LogP contribution in [0.3, 0.4) is 0 Å². The number of phosphoric ester groups is 1. The lowest BCUT2D eigenvalue weighted by atomic mass is 10.2.